The molecule has 0 radical (unpaired) electrons. The lowest BCUT2D eigenvalue weighted by molar-refractivity contribution is -0.144. The van der Waals surface area contributed by atoms with Gasteiger partial charge in [0.25, 0.3) is 0 Å². The summed E-state index contributed by atoms with van der Waals surface area (Å²) < 4.78 is 0. The Morgan fingerprint density at radius 2 is 1.88 bits per heavy atom. The molecule has 1 fully saturated rings. The number of amides is 3. The minimum absolute atomic E-state index is 0.0535. The van der Waals surface area contributed by atoms with Crippen molar-refractivity contribution in [2.24, 2.45) is 22.2 Å². The highest BCUT2D eigenvalue weighted by Crippen LogP contribution is 2.20. The van der Waals surface area contributed by atoms with Crippen LogP contribution in [0.5, 0.6) is 0 Å². The third kappa shape index (κ3) is 8.80. The van der Waals surface area contributed by atoms with E-state index in [9.17, 15) is 24.3 Å². The fraction of sp³-hybridized carbons (Fsp3) is 0.462. The number of carbonyl (C=O) groups excluding carboxylic acids is 3. The SMILES string of the molecule is NC(N)=NCCCC(N)C(=O)NC(Cc1cnc[nH]1)C(=O)N1CCCC1C(=O)NC(Cc1ccccc1)C(=O)O. The van der Waals surface area contributed by atoms with Gasteiger partial charge in [-0.05, 0) is 31.2 Å². The summed E-state index contributed by atoms with van der Waals surface area (Å²) in [6.07, 6.45) is 4.87. The zero-order valence-corrected chi connectivity index (χ0v) is 22.2. The highest BCUT2D eigenvalue weighted by molar-refractivity contribution is 5.94. The number of aromatic nitrogens is 2. The topological polar surface area (TPSA) is 235 Å². The Morgan fingerprint density at radius 3 is 2.52 bits per heavy atom. The number of hydrogen-bond donors (Lipinski definition) is 7. The highest BCUT2D eigenvalue weighted by atomic mass is 16.4. The van der Waals surface area contributed by atoms with Gasteiger partial charge in [-0.25, -0.2) is 9.78 Å². The van der Waals surface area contributed by atoms with Crippen molar-refractivity contribution < 1.29 is 24.3 Å². The number of rotatable bonds is 14. The largest absolute Gasteiger partial charge is 0.480 e. The van der Waals surface area contributed by atoms with Crippen LogP contribution in [0.3, 0.4) is 0 Å². The normalized spacial score (nSPS) is 16.9. The number of aliphatic carboxylic acids is 1. The van der Waals surface area contributed by atoms with Crippen LogP contribution in [0.4, 0.5) is 0 Å². The van der Waals surface area contributed by atoms with E-state index >= 15 is 0 Å². The van der Waals surface area contributed by atoms with E-state index in [4.69, 9.17) is 17.2 Å². The Hall–Kier alpha value is -4.46. The first-order valence-electron chi connectivity index (χ1n) is 13.1. The molecule has 1 aromatic heterocycles. The smallest absolute Gasteiger partial charge is 0.326 e. The molecule has 4 unspecified atom stereocenters. The number of nitrogens with zero attached hydrogens (tertiary/aromatic N) is 3. The van der Waals surface area contributed by atoms with Gasteiger partial charge in [0.1, 0.15) is 18.1 Å². The molecule has 1 aliphatic rings. The zero-order valence-electron chi connectivity index (χ0n) is 22.2. The minimum Gasteiger partial charge on any atom is -0.480 e. The number of carbonyl (C=O) groups is 4. The maximum absolute atomic E-state index is 13.7. The number of aromatic amines is 1. The van der Waals surface area contributed by atoms with Crippen LogP contribution in [0.25, 0.3) is 0 Å². The number of hydrogen-bond acceptors (Lipinski definition) is 7. The molecule has 14 heteroatoms. The molecule has 40 heavy (non-hydrogen) atoms. The predicted octanol–water partition coefficient (Wildman–Crippen LogP) is -1.38. The van der Waals surface area contributed by atoms with Crippen LogP contribution >= 0.6 is 0 Å². The number of imidazole rings is 1. The molecule has 0 spiro atoms. The molecule has 1 saturated heterocycles. The summed E-state index contributed by atoms with van der Waals surface area (Å²) in [6.45, 7) is 0.596. The Labute approximate surface area is 231 Å². The summed E-state index contributed by atoms with van der Waals surface area (Å²) in [5.41, 5.74) is 18.0. The lowest BCUT2D eigenvalue weighted by Gasteiger charge is -2.30. The number of carboxylic acid groups (broad SMARTS) is 1. The van der Waals surface area contributed by atoms with Crippen molar-refractivity contribution in [2.45, 2.75) is 62.7 Å². The number of nitrogens with one attached hydrogen (secondary N) is 3. The van der Waals surface area contributed by atoms with Crippen LogP contribution in [-0.4, -0.2) is 86.9 Å². The number of aliphatic imine (C=N–C) groups is 1. The van der Waals surface area contributed by atoms with Crippen LogP contribution in [0.15, 0.2) is 47.8 Å². The number of H-pyrrole nitrogens is 1. The van der Waals surface area contributed by atoms with Gasteiger partial charge in [0, 0.05) is 37.8 Å². The van der Waals surface area contributed by atoms with E-state index in [1.165, 1.54) is 17.4 Å². The molecule has 1 aromatic carbocycles. The Morgan fingerprint density at radius 1 is 1.12 bits per heavy atom. The molecule has 0 aliphatic carbocycles. The first-order valence-corrected chi connectivity index (χ1v) is 13.1. The van der Waals surface area contributed by atoms with Crippen LogP contribution in [0, 0.1) is 0 Å². The molecule has 0 saturated carbocycles. The van der Waals surface area contributed by atoms with Crippen molar-refractivity contribution in [1.29, 1.82) is 0 Å². The van der Waals surface area contributed by atoms with Crippen molar-refractivity contribution >= 4 is 29.7 Å². The lowest BCUT2D eigenvalue weighted by atomic mass is 10.0. The zero-order chi connectivity index (χ0) is 29.1. The lowest BCUT2D eigenvalue weighted by Crippen LogP contribution is -2.57. The van der Waals surface area contributed by atoms with E-state index < -0.39 is 47.9 Å². The van der Waals surface area contributed by atoms with Gasteiger partial charge in [0.05, 0.1) is 12.4 Å². The Bertz CT molecular complexity index is 1170. The molecule has 3 rings (SSSR count). The van der Waals surface area contributed by atoms with Crippen molar-refractivity contribution in [3.8, 4) is 0 Å². The van der Waals surface area contributed by atoms with E-state index in [-0.39, 0.29) is 25.3 Å². The van der Waals surface area contributed by atoms with Gasteiger partial charge < -0.3 is 42.8 Å². The van der Waals surface area contributed by atoms with Crippen molar-refractivity contribution in [2.75, 3.05) is 13.1 Å². The molecule has 216 valence electrons. The molecule has 2 heterocycles. The predicted molar refractivity (Wildman–Crippen MR) is 147 cm³/mol. The van der Waals surface area contributed by atoms with Crippen molar-refractivity contribution in [3.05, 3.63) is 54.1 Å². The minimum atomic E-state index is -1.17. The first-order chi connectivity index (χ1) is 19.2. The summed E-state index contributed by atoms with van der Waals surface area (Å²) in [5.74, 6) is -2.79. The maximum atomic E-state index is 13.7. The van der Waals surface area contributed by atoms with E-state index in [1.54, 1.807) is 24.3 Å². The van der Waals surface area contributed by atoms with Gasteiger partial charge in [0.15, 0.2) is 5.96 Å². The van der Waals surface area contributed by atoms with Gasteiger partial charge in [-0.1, -0.05) is 30.3 Å². The maximum Gasteiger partial charge on any atom is 0.326 e. The van der Waals surface area contributed by atoms with E-state index in [1.807, 2.05) is 6.07 Å². The Kier molecular flexibility index (Phi) is 11.0. The average molecular weight is 556 g/mol. The van der Waals surface area contributed by atoms with Gasteiger partial charge >= 0.3 is 5.97 Å². The van der Waals surface area contributed by atoms with E-state index in [2.05, 4.69) is 25.6 Å². The van der Waals surface area contributed by atoms with Crippen molar-refractivity contribution in [3.63, 3.8) is 0 Å². The highest BCUT2D eigenvalue weighted by Gasteiger charge is 2.39. The van der Waals surface area contributed by atoms with Crippen LogP contribution in [0.2, 0.25) is 0 Å². The molecule has 1 aliphatic heterocycles. The van der Waals surface area contributed by atoms with Crippen LogP contribution < -0.4 is 27.8 Å². The average Bonchev–Trinajstić information content (AvgIpc) is 3.62. The number of benzene rings is 1. The summed E-state index contributed by atoms with van der Waals surface area (Å²) in [4.78, 5) is 63.8. The van der Waals surface area contributed by atoms with Gasteiger partial charge in [-0.3, -0.25) is 19.4 Å². The monoisotopic (exact) mass is 555 g/mol. The number of likely N-dealkylation sites (tertiary alicyclic amines) is 1. The second kappa shape index (κ2) is 14.6. The molecule has 0 bridgehead atoms. The standard InChI is InChI=1S/C26H37N9O5/c27-18(8-4-10-31-26(28)29)22(36)33-19(13-17-14-30-15-32-17)24(38)35-11-5-9-21(35)23(37)34-20(25(39)40)12-16-6-2-1-3-7-16/h1-3,6-7,14-15,18-21H,4-5,8-13,27H2,(H,30,32)(H,33,36)(H,34,37)(H,39,40)(H4,28,29,31). The molecule has 10 N–H and O–H groups in total. The third-order valence-corrected chi connectivity index (χ3v) is 6.63. The van der Waals surface area contributed by atoms with Gasteiger partial charge in [-0.15, -0.1) is 0 Å². The van der Waals surface area contributed by atoms with Crippen LogP contribution in [-0.2, 0) is 32.0 Å². The molecule has 2 aromatic rings. The van der Waals surface area contributed by atoms with E-state index in [0.29, 0.717) is 37.9 Å². The molecule has 14 nitrogen and oxygen atoms in total. The molecular formula is C26H37N9O5. The second-order valence-corrected chi connectivity index (χ2v) is 9.68. The molecule has 4 atom stereocenters. The van der Waals surface area contributed by atoms with Gasteiger partial charge in [-0.2, -0.15) is 0 Å². The molecule has 3 amide bonds. The number of guanidine groups is 1. The number of nitrogens with two attached hydrogens (primary N) is 3. The molecular weight excluding hydrogens is 518 g/mol. The second-order valence-electron chi connectivity index (χ2n) is 9.68. The van der Waals surface area contributed by atoms with Crippen LogP contribution in [0.1, 0.15) is 36.9 Å². The number of carboxylic acids is 1. The first kappa shape index (κ1) is 30.1. The Balaban J connectivity index is 1.69. The fourth-order valence-electron chi connectivity index (χ4n) is 4.57. The van der Waals surface area contributed by atoms with Crippen molar-refractivity contribution in [1.82, 2.24) is 25.5 Å². The van der Waals surface area contributed by atoms with E-state index in [0.717, 1.165) is 5.56 Å². The summed E-state index contributed by atoms with van der Waals surface area (Å²) in [6, 6.07) is 4.99. The quantitative estimate of drug-likeness (QED) is 0.0825. The fourth-order valence-corrected chi connectivity index (χ4v) is 4.57. The summed E-state index contributed by atoms with van der Waals surface area (Å²) in [7, 11) is 0. The summed E-state index contributed by atoms with van der Waals surface area (Å²) in [5, 5.41) is 15.0. The summed E-state index contributed by atoms with van der Waals surface area (Å²) >= 11 is 0. The van der Waals surface area contributed by atoms with Gasteiger partial charge in [0.2, 0.25) is 17.7 Å². The third-order valence-electron chi connectivity index (χ3n) is 6.63.